The number of hydrogen-bond acceptors (Lipinski definition) is 5. The number of likely N-dealkylation sites (tertiary alicyclic amines) is 1. The quantitative estimate of drug-likeness (QED) is 0.645. The zero-order valence-corrected chi connectivity index (χ0v) is 15.9. The number of benzene rings is 1. The van der Waals surface area contributed by atoms with E-state index in [9.17, 15) is 24.6 Å². The van der Waals surface area contributed by atoms with Crippen LogP contribution >= 0.6 is 0 Å². The molecule has 4 atom stereocenters. The Labute approximate surface area is 158 Å². The lowest BCUT2D eigenvalue weighted by Crippen LogP contribution is -2.58. The van der Waals surface area contributed by atoms with Crippen molar-refractivity contribution in [3.8, 4) is 0 Å². The fraction of sp³-hybridized carbons (Fsp3) is 0.550. The van der Waals surface area contributed by atoms with Gasteiger partial charge in [-0.05, 0) is 31.4 Å². The number of carbonyl (C=O) groups is 3. The first-order valence-corrected chi connectivity index (χ1v) is 9.32. The highest BCUT2D eigenvalue weighted by atomic mass is 16.4. The topological polar surface area (TPSA) is 107 Å². The third-order valence-corrected chi connectivity index (χ3v) is 5.88. The average Bonchev–Trinajstić information content (AvgIpc) is 3.11. The second kappa shape index (κ2) is 7.05. The van der Waals surface area contributed by atoms with E-state index in [1.807, 2.05) is 39.0 Å². The van der Waals surface area contributed by atoms with Crippen LogP contribution in [0.4, 0.5) is 0 Å². The molecule has 2 fully saturated rings. The maximum atomic E-state index is 13.1. The van der Waals surface area contributed by atoms with Gasteiger partial charge in [-0.1, -0.05) is 37.1 Å². The van der Waals surface area contributed by atoms with Crippen LogP contribution in [0.1, 0.15) is 42.5 Å². The van der Waals surface area contributed by atoms with Crippen LogP contribution in [-0.4, -0.2) is 51.6 Å². The monoisotopic (exact) mass is 374 g/mol. The normalized spacial score (nSPS) is 30.1. The molecule has 2 aliphatic rings. The zero-order chi connectivity index (χ0) is 19.9. The van der Waals surface area contributed by atoms with Crippen LogP contribution in [0.5, 0.6) is 0 Å². The molecule has 146 valence electrons. The summed E-state index contributed by atoms with van der Waals surface area (Å²) in [4.78, 5) is 39.4. The molecule has 7 nitrogen and oxygen atoms in total. The van der Waals surface area contributed by atoms with Crippen LogP contribution < -0.4 is 5.32 Å². The Morgan fingerprint density at radius 1 is 1.26 bits per heavy atom. The number of fused-ring (bicyclic) bond motifs is 1. The first-order chi connectivity index (χ1) is 12.8. The predicted octanol–water partition coefficient (Wildman–Crippen LogP) is 1.16. The smallest absolute Gasteiger partial charge is 0.327 e. The first-order valence-electron chi connectivity index (χ1n) is 9.32. The summed E-state index contributed by atoms with van der Waals surface area (Å²) in [6.07, 6.45) is 1.48. The molecule has 0 aliphatic carbocycles. The molecule has 27 heavy (non-hydrogen) atoms. The SMILES string of the molecule is CCCCN1C(=O)C2C(c3cc(C)ccc3C)NC(CO)(C(=O)O)C2C1=O. The maximum Gasteiger partial charge on any atom is 0.327 e. The van der Waals surface area contributed by atoms with E-state index >= 15 is 0 Å². The van der Waals surface area contributed by atoms with Crippen molar-refractivity contribution < 1.29 is 24.6 Å². The molecule has 2 aliphatic heterocycles. The Kier molecular flexibility index (Phi) is 5.10. The maximum absolute atomic E-state index is 13.1. The molecule has 3 rings (SSSR count). The molecular weight excluding hydrogens is 348 g/mol. The summed E-state index contributed by atoms with van der Waals surface area (Å²) in [5, 5.41) is 22.8. The van der Waals surface area contributed by atoms with Gasteiger partial charge in [-0.25, -0.2) is 0 Å². The van der Waals surface area contributed by atoms with Gasteiger partial charge < -0.3 is 10.2 Å². The van der Waals surface area contributed by atoms with E-state index in [0.29, 0.717) is 6.42 Å². The van der Waals surface area contributed by atoms with Gasteiger partial charge >= 0.3 is 5.97 Å². The largest absolute Gasteiger partial charge is 0.480 e. The van der Waals surface area contributed by atoms with Crippen molar-refractivity contribution in [1.29, 1.82) is 0 Å². The average molecular weight is 374 g/mol. The summed E-state index contributed by atoms with van der Waals surface area (Å²) in [5.74, 6) is -4.12. The summed E-state index contributed by atoms with van der Waals surface area (Å²) >= 11 is 0. The minimum atomic E-state index is -1.86. The number of aliphatic hydroxyl groups is 1. The number of amides is 2. The number of aliphatic carboxylic acids is 1. The van der Waals surface area contributed by atoms with Crippen LogP contribution in [0.3, 0.4) is 0 Å². The third kappa shape index (κ3) is 2.85. The highest BCUT2D eigenvalue weighted by Gasteiger charge is 2.68. The summed E-state index contributed by atoms with van der Waals surface area (Å²) < 4.78 is 0. The molecule has 1 aromatic rings. The number of carbonyl (C=O) groups excluding carboxylic acids is 2. The minimum Gasteiger partial charge on any atom is -0.480 e. The molecule has 7 heteroatoms. The van der Waals surface area contributed by atoms with Gasteiger partial charge in [-0.3, -0.25) is 24.6 Å². The summed E-state index contributed by atoms with van der Waals surface area (Å²) in [7, 11) is 0. The molecule has 0 radical (unpaired) electrons. The molecule has 3 N–H and O–H groups in total. The van der Waals surface area contributed by atoms with E-state index in [0.717, 1.165) is 23.1 Å². The van der Waals surface area contributed by atoms with Crippen molar-refractivity contribution in [3.63, 3.8) is 0 Å². The van der Waals surface area contributed by atoms with Crippen LogP contribution in [0.2, 0.25) is 0 Å². The molecule has 2 saturated heterocycles. The number of aryl methyl sites for hydroxylation is 2. The van der Waals surface area contributed by atoms with Gasteiger partial charge in [-0.2, -0.15) is 0 Å². The number of carboxylic acids is 1. The molecular formula is C20H26N2O5. The van der Waals surface area contributed by atoms with Crippen molar-refractivity contribution in [2.24, 2.45) is 11.8 Å². The van der Waals surface area contributed by atoms with Crippen molar-refractivity contribution in [1.82, 2.24) is 10.2 Å². The van der Waals surface area contributed by atoms with Crippen molar-refractivity contribution in [3.05, 3.63) is 34.9 Å². The van der Waals surface area contributed by atoms with Gasteiger partial charge in [0.25, 0.3) is 0 Å². The third-order valence-electron chi connectivity index (χ3n) is 5.88. The second-order valence-electron chi connectivity index (χ2n) is 7.60. The van der Waals surface area contributed by atoms with Gasteiger partial charge in [0.15, 0.2) is 5.54 Å². The number of nitrogens with zero attached hydrogens (tertiary/aromatic N) is 1. The molecule has 4 unspecified atom stereocenters. The molecule has 2 amide bonds. The molecule has 0 saturated carbocycles. The lowest BCUT2D eigenvalue weighted by Gasteiger charge is -2.29. The predicted molar refractivity (Wildman–Crippen MR) is 97.9 cm³/mol. The van der Waals surface area contributed by atoms with E-state index < -0.39 is 41.9 Å². The highest BCUT2D eigenvalue weighted by Crippen LogP contribution is 2.49. The van der Waals surface area contributed by atoms with Crippen molar-refractivity contribution >= 4 is 17.8 Å². The number of carboxylic acid groups (broad SMARTS) is 1. The van der Waals surface area contributed by atoms with E-state index in [1.54, 1.807) is 0 Å². The van der Waals surface area contributed by atoms with Crippen LogP contribution in [0.25, 0.3) is 0 Å². The van der Waals surface area contributed by atoms with Gasteiger partial charge in [0.1, 0.15) is 0 Å². The van der Waals surface area contributed by atoms with Gasteiger partial charge in [0.05, 0.1) is 18.4 Å². The summed E-state index contributed by atoms with van der Waals surface area (Å²) in [6, 6.07) is 5.13. The lowest BCUT2D eigenvalue weighted by molar-refractivity contribution is -0.153. The number of unbranched alkanes of at least 4 members (excludes halogenated alkanes) is 1. The fourth-order valence-electron chi connectivity index (χ4n) is 4.37. The first kappa shape index (κ1) is 19.5. The van der Waals surface area contributed by atoms with E-state index in [4.69, 9.17) is 0 Å². The number of nitrogens with one attached hydrogen (secondary N) is 1. The van der Waals surface area contributed by atoms with E-state index in [2.05, 4.69) is 5.32 Å². The molecule has 1 aromatic carbocycles. The Hall–Kier alpha value is -2.25. The molecule has 0 aromatic heterocycles. The van der Waals surface area contributed by atoms with Crippen LogP contribution in [-0.2, 0) is 14.4 Å². The van der Waals surface area contributed by atoms with E-state index in [-0.39, 0.29) is 12.5 Å². The van der Waals surface area contributed by atoms with Crippen LogP contribution in [0, 0.1) is 25.7 Å². The Balaban J connectivity index is 2.12. The Morgan fingerprint density at radius 3 is 2.56 bits per heavy atom. The number of hydrogen-bond donors (Lipinski definition) is 3. The fourth-order valence-corrected chi connectivity index (χ4v) is 4.37. The van der Waals surface area contributed by atoms with Gasteiger partial charge in [0.2, 0.25) is 11.8 Å². The van der Waals surface area contributed by atoms with Gasteiger partial charge in [0, 0.05) is 12.6 Å². The Morgan fingerprint density at radius 2 is 1.96 bits per heavy atom. The van der Waals surface area contributed by atoms with Crippen molar-refractivity contribution in [2.45, 2.75) is 45.2 Å². The number of aliphatic hydroxyl groups excluding tert-OH is 1. The zero-order valence-electron chi connectivity index (χ0n) is 15.9. The second-order valence-corrected chi connectivity index (χ2v) is 7.60. The van der Waals surface area contributed by atoms with Gasteiger partial charge in [-0.15, -0.1) is 0 Å². The van der Waals surface area contributed by atoms with E-state index in [1.165, 1.54) is 4.90 Å². The van der Waals surface area contributed by atoms with Crippen molar-refractivity contribution in [2.75, 3.05) is 13.2 Å². The van der Waals surface area contributed by atoms with Crippen LogP contribution in [0.15, 0.2) is 18.2 Å². The minimum absolute atomic E-state index is 0.280. The summed E-state index contributed by atoms with van der Waals surface area (Å²) in [5.41, 5.74) is 0.813. The molecule has 0 bridgehead atoms. The molecule has 2 heterocycles. The Bertz CT molecular complexity index is 793. The standard InChI is InChI=1S/C20H26N2O5/c1-4-5-8-22-17(24)14-15(18(22)25)20(10-23,19(26)27)21-16(14)13-9-11(2)6-7-12(13)3/h6-7,9,14-16,21,23H,4-5,8,10H2,1-3H3,(H,26,27). The lowest BCUT2D eigenvalue weighted by atomic mass is 9.79. The summed E-state index contributed by atoms with van der Waals surface area (Å²) in [6.45, 7) is 5.29. The number of rotatable bonds is 6. The number of imide groups is 1. The highest BCUT2D eigenvalue weighted by molar-refractivity contribution is 6.09. The molecule has 0 spiro atoms.